The highest BCUT2D eigenvalue weighted by atomic mass is 31.2. The van der Waals surface area contributed by atoms with Crippen LogP contribution in [0.2, 0.25) is 0 Å². The summed E-state index contributed by atoms with van der Waals surface area (Å²) >= 11 is 0. The maximum Gasteiger partial charge on any atom is 0.251 e. The van der Waals surface area contributed by atoms with E-state index in [1.165, 1.54) is 6.66 Å². The molecule has 0 aliphatic rings. The van der Waals surface area contributed by atoms with Crippen LogP contribution in [0.5, 0.6) is 0 Å². The van der Waals surface area contributed by atoms with Crippen molar-refractivity contribution in [2.75, 3.05) is 19.6 Å². The van der Waals surface area contributed by atoms with Crippen molar-refractivity contribution < 1.29 is 19.5 Å². The molecule has 0 aliphatic heterocycles. The lowest BCUT2D eigenvalue weighted by molar-refractivity contribution is -0.165. The molecule has 0 aliphatic carbocycles. The van der Waals surface area contributed by atoms with Crippen LogP contribution in [-0.4, -0.2) is 40.7 Å². The van der Waals surface area contributed by atoms with Gasteiger partial charge in [0, 0.05) is 6.66 Å². The molecule has 1 amide bonds. The Hall–Kier alpha value is -1.20. The van der Waals surface area contributed by atoms with Crippen molar-refractivity contribution >= 4 is 13.3 Å². The van der Waals surface area contributed by atoms with E-state index in [4.69, 9.17) is 4.89 Å². The van der Waals surface area contributed by atoms with Gasteiger partial charge in [0.2, 0.25) is 7.37 Å². The fraction of sp³-hybridized carbons (Fsp3) is 0.364. The summed E-state index contributed by atoms with van der Waals surface area (Å²) in [5, 5.41) is 12.5. The average Bonchev–Trinajstić information content (AvgIpc) is 2.28. The second kappa shape index (κ2) is 6.66. The summed E-state index contributed by atoms with van der Waals surface area (Å²) in [6.07, 6.45) is -0.0649. The van der Waals surface area contributed by atoms with Crippen molar-refractivity contribution in [3.8, 4) is 0 Å². The van der Waals surface area contributed by atoms with Crippen LogP contribution in [0.15, 0.2) is 30.3 Å². The van der Waals surface area contributed by atoms with Gasteiger partial charge in [0.15, 0.2) is 0 Å². The Morgan fingerprint density at radius 2 is 2.00 bits per heavy atom. The molecule has 0 bridgehead atoms. The van der Waals surface area contributed by atoms with Crippen LogP contribution in [-0.2, 0) is 15.8 Å². The number of nitrogens with zero attached hydrogens (tertiary/aromatic N) is 1. The Bertz CT molecular complexity index is 432. The van der Waals surface area contributed by atoms with Gasteiger partial charge in [-0.25, -0.2) is 5.06 Å². The van der Waals surface area contributed by atoms with Gasteiger partial charge in [-0.05, 0) is 5.56 Å². The fourth-order valence-electron chi connectivity index (χ4n) is 1.31. The molecule has 1 unspecified atom stereocenters. The summed E-state index contributed by atoms with van der Waals surface area (Å²) in [6.45, 7) is 1.03. The summed E-state index contributed by atoms with van der Waals surface area (Å²) in [6, 6.07) is 9.02. The predicted molar refractivity (Wildman–Crippen MR) is 67.4 cm³/mol. The van der Waals surface area contributed by atoms with E-state index in [0.717, 1.165) is 5.56 Å². The number of rotatable bonds is 6. The molecule has 3 N–H and O–H groups in total. The van der Waals surface area contributed by atoms with E-state index in [9.17, 15) is 14.6 Å². The number of carbonyl (C=O) groups excluding carboxylic acids is 1. The lowest BCUT2D eigenvalue weighted by Gasteiger charge is -2.16. The van der Waals surface area contributed by atoms with Gasteiger partial charge in [0.25, 0.3) is 5.91 Å². The summed E-state index contributed by atoms with van der Waals surface area (Å²) < 4.78 is 11.0. The van der Waals surface area contributed by atoms with Gasteiger partial charge in [0.05, 0.1) is 19.4 Å². The van der Waals surface area contributed by atoms with Crippen molar-refractivity contribution in [3.05, 3.63) is 35.9 Å². The van der Waals surface area contributed by atoms with E-state index >= 15 is 0 Å². The van der Waals surface area contributed by atoms with E-state index in [1.54, 1.807) is 12.1 Å². The number of amides is 1. The Labute approximate surface area is 106 Å². The highest BCUT2D eigenvalue weighted by Gasteiger charge is 2.13. The Kier molecular flexibility index (Phi) is 5.50. The molecule has 0 saturated heterocycles. The molecular weight excluding hydrogens is 255 g/mol. The van der Waals surface area contributed by atoms with Crippen molar-refractivity contribution in [1.82, 2.24) is 10.4 Å². The molecular formula is C11H17N2O4P. The molecule has 6 nitrogen and oxygen atoms in total. The largest absolute Gasteiger partial charge is 0.344 e. The van der Waals surface area contributed by atoms with Gasteiger partial charge in [-0.2, -0.15) is 0 Å². The van der Waals surface area contributed by atoms with Crippen molar-refractivity contribution in [1.29, 1.82) is 0 Å². The zero-order valence-corrected chi connectivity index (χ0v) is 11.0. The maximum absolute atomic E-state index is 11.6. The van der Waals surface area contributed by atoms with Crippen LogP contribution < -0.4 is 5.32 Å². The second-order valence-corrected chi connectivity index (χ2v) is 6.49. The van der Waals surface area contributed by atoms with Gasteiger partial charge < -0.3 is 4.89 Å². The Balaban J connectivity index is 2.36. The molecule has 0 spiro atoms. The molecule has 0 saturated carbocycles. The van der Waals surface area contributed by atoms with Gasteiger partial charge in [-0.1, -0.05) is 30.3 Å². The third-order valence-corrected chi connectivity index (χ3v) is 2.96. The molecule has 1 atom stereocenters. The van der Waals surface area contributed by atoms with E-state index in [0.29, 0.717) is 5.06 Å². The topological polar surface area (TPSA) is 89.9 Å². The molecule has 0 radical (unpaired) electrons. The number of hydroxylamine groups is 2. The molecule has 1 aromatic rings. The summed E-state index contributed by atoms with van der Waals surface area (Å²) in [5.74, 6) is -0.474. The molecule has 18 heavy (non-hydrogen) atoms. The third kappa shape index (κ3) is 5.93. The molecule has 1 aromatic carbocycles. The summed E-state index contributed by atoms with van der Waals surface area (Å²) in [4.78, 5) is 20.6. The van der Waals surface area contributed by atoms with Crippen LogP contribution in [0.25, 0.3) is 0 Å². The number of hydrogen-bond donors (Lipinski definition) is 3. The smallest absolute Gasteiger partial charge is 0.251 e. The average molecular weight is 272 g/mol. The standard InChI is InChI=1S/C11H17N2O4P/c1-18(16,17)9-12-8-13(15)11(14)7-10-5-3-2-4-6-10/h2-6,12,15H,7-9H2,1H3,(H,16,17). The molecule has 0 heterocycles. The first-order valence-electron chi connectivity index (χ1n) is 5.41. The predicted octanol–water partition coefficient (Wildman–Crippen LogP) is 0.852. The number of hydrogen-bond acceptors (Lipinski definition) is 4. The lowest BCUT2D eigenvalue weighted by Crippen LogP contribution is -2.37. The summed E-state index contributed by atoms with van der Waals surface area (Å²) in [7, 11) is -3.18. The Morgan fingerprint density at radius 3 is 2.56 bits per heavy atom. The first kappa shape index (κ1) is 14.9. The first-order chi connectivity index (χ1) is 8.38. The molecule has 0 fully saturated rings. The molecule has 100 valence electrons. The first-order valence-corrected chi connectivity index (χ1v) is 7.71. The van der Waals surface area contributed by atoms with E-state index in [1.807, 2.05) is 18.2 Å². The number of nitrogens with one attached hydrogen (secondary N) is 1. The second-order valence-electron chi connectivity index (χ2n) is 4.07. The van der Waals surface area contributed by atoms with E-state index in [2.05, 4.69) is 5.32 Å². The zero-order valence-electron chi connectivity index (χ0n) is 10.1. The van der Waals surface area contributed by atoms with Gasteiger partial charge in [-0.3, -0.25) is 19.9 Å². The normalized spacial score (nSPS) is 13.9. The van der Waals surface area contributed by atoms with Gasteiger partial charge in [-0.15, -0.1) is 0 Å². The monoisotopic (exact) mass is 272 g/mol. The van der Waals surface area contributed by atoms with Gasteiger partial charge >= 0.3 is 0 Å². The van der Waals surface area contributed by atoms with Crippen LogP contribution in [0, 0.1) is 0 Å². The quantitative estimate of drug-likeness (QED) is 0.309. The van der Waals surface area contributed by atoms with Crippen LogP contribution in [0.4, 0.5) is 0 Å². The minimum Gasteiger partial charge on any atom is -0.344 e. The third-order valence-electron chi connectivity index (χ3n) is 2.15. The van der Waals surface area contributed by atoms with Crippen LogP contribution in [0.1, 0.15) is 5.56 Å². The lowest BCUT2D eigenvalue weighted by atomic mass is 10.1. The Morgan fingerprint density at radius 1 is 1.39 bits per heavy atom. The highest BCUT2D eigenvalue weighted by Crippen LogP contribution is 2.32. The molecule has 0 aromatic heterocycles. The molecule has 7 heteroatoms. The van der Waals surface area contributed by atoms with Crippen LogP contribution >= 0.6 is 7.37 Å². The maximum atomic E-state index is 11.6. The van der Waals surface area contributed by atoms with E-state index < -0.39 is 13.3 Å². The molecule has 1 rings (SSSR count). The summed E-state index contributed by atoms with van der Waals surface area (Å²) in [5.41, 5.74) is 0.796. The van der Waals surface area contributed by atoms with Crippen molar-refractivity contribution in [2.45, 2.75) is 6.42 Å². The fourth-order valence-corrected chi connectivity index (χ4v) is 1.83. The highest BCUT2D eigenvalue weighted by molar-refractivity contribution is 7.57. The minimum absolute atomic E-state index is 0.0852. The number of benzene rings is 1. The minimum atomic E-state index is -3.18. The SMILES string of the molecule is CP(=O)(O)CNCN(O)C(=O)Cc1ccccc1. The van der Waals surface area contributed by atoms with Crippen LogP contribution in [0.3, 0.4) is 0 Å². The van der Waals surface area contributed by atoms with Gasteiger partial charge in [0.1, 0.15) is 0 Å². The number of carbonyl (C=O) groups is 1. The van der Waals surface area contributed by atoms with Crippen molar-refractivity contribution in [3.63, 3.8) is 0 Å². The van der Waals surface area contributed by atoms with E-state index in [-0.39, 0.29) is 19.4 Å². The van der Waals surface area contributed by atoms with Crippen molar-refractivity contribution in [2.24, 2.45) is 0 Å². The zero-order chi connectivity index (χ0) is 13.6.